The third-order valence-corrected chi connectivity index (χ3v) is 1.36. The van der Waals surface area contributed by atoms with E-state index in [1.807, 2.05) is 0 Å². The molecule has 0 bridgehead atoms. The highest BCUT2D eigenvalue weighted by Crippen LogP contribution is 1.99. The summed E-state index contributed by atoms with van der Waals surface area (Å²) in [5, 5.41) is 0. The van der Waals surface area contributed by atoms with Crippen LogP contribution in [-0.2, 0) is 4.74 Å². The third kappa shape index (κ3) is 3.02. The van der Waals surface area contributed by atoms with Crippen molar-refractivity contribution in [3.63, 3.8) is 0 Å². The fourth-order valence-corrected chi connectivity index (χ4v) is 0.729. The smallest absolute Gasteiger partial charge is 0.433 e. The first kappa shape index (κ1) is 9.38. The number of hydrogen-bond acceptors (Lipinski definition) is 2. The first-order valence-electron chi connectivity index (χ1n) is 3.60. The van der Waals surface area contributed by atoms with Crippen molar-refractivity contribution in [1.82, 2.24) is 0 Å². The van der Waals surface area contributed by atoms with Gasteiger partial charge in [-0.25, -0.2) is 9.18 Å². The van der Waals surface area contributed by atoms with Gasteiger partial charge in [-0.1, -0.05) is 12.1 Å². The Hall–Kier alpha value is -1.71. The van der Waals surface area contributed by atoms with Crippen LogP contribution in [0.4, 0.5) is 9.18 Å². The molecule has 0 aromatic heterocycles. The Kier molecular flexibility index (Phi) is 3.14. The van der Waals surface area contributed by atoms with Crippen molar-refractivity contribution >= 4 is 12.3 Å². The van der Waals surface area contributed by atoms with Gasteiger partial charge in [-0.15, -0.1) is 0 Å². The maximum Gasteiger partial charge on any atom is 0.433 e. The fourth-order valence-electron chi connectivity index (χ4n) is 0.729. The molecule has 0 heterocycles. The maximum absolute atomic E-state index is 12.4. The minimum Gasteiger partial charge on any atom is -0.451 e. The van der Waals surface area contributed by atoms with Crippen molar-refractivity contribution in [2.45, 2.75) is 0 Å². The Labute approximate surface area is 74.9 Å². The van der Waals surface area contributed by atoms with E-state index in [1.165, 1.54) is 37.6 Å². The van der Waals surface area contributed by atoms with Crippen LogP contribution < -0.4 is 0 Å². The molecule has 0 aliphatic carbocycles. The second-order valence-corrected chi connectivity index (χ2v) is 2.28. The summed E-state index contributed by atoms with van der Waals surface area (Å²) in [5.74, 6) is -0.324. The van der Waals surface area contributed by atoms with Gasteiger partial charge < -0.3 is 4.74 Å². The Morgan fingerprint density at radius 3 is 2.62 bits per heavy atom. The second kappa shape index (κ2) is 4.35. The number of nitrogens with zero attached hydrogens (tertiary/aromatic N) is 1. The van der Waals surface area contributed by atoms with E-state index in [0.29, 0.717) is 5.56 Å². The molecule has 1 amide bonds. The van der Waals surface area contributed by atoms with Crippen LogP contribution in [0.15, 0.2) is 29.3 Å². The molecular weight excluding hydrogens is 173 g/mol. The molecular formula is C9H8FNO2. The largest absolute Gasteiger partial charge is 0.451 e. The molecule has 1 aromatic carbocycles. The molecule has 13 heavy (non-hydrogen) atoms. The monoisotopic (exact) mass is 181 g/mol. The van der Waals surface area contributed by atoms with Crippen molar-refractivity contribution < 1.29 is 13.9 Å². The van der Waals surface area contributed by atoms with Crippen LogP contribution in [0, 0.1) is 5.82 Å². The summed E-state index contributed by atoms with van der Waals surface area (Å²) < 4.78 is 16.7. The first-order chi connectivity index (χ1) is 6.22. The highest BCUT2D eigenvalue weighted by atomic mass is 19.1. The van der Waals surface area contributed by atoms with Crippen LogP contribution in [0.1, 0.15) is 5.56 Å². The average Bonchev–Trinajstić information content (AvgIpc) is 2.16. The summed E-state index contributed by atoms with van der Waals surface area (Å²) in [7, 11) is 1.24. The van der Waals surface area contributed by atoms with Gasteiger partial charge in [-0.05, 0) is 17.7 Å². The van der Waals surface area contributed by atoms with Gasteiger partial charge >= 0.3 is 6.09 Å². The van der Waals surface area contributed by atoms with Gasteiger partial charge in [0.05, 0.1) is 7.11 Å². The minimum absolute atomic E-state index is 0.324. The van der Waals surface area contributed by atoms with Crippen LogP contribution in [0.25, 0.3) is 0 Å². The molecule has 0 fully saturated rings. The number of carbonyl (C=O) groups excluding carboxylic acids is 1. The Bertz CT molecular complexity index is 319. The lowest BCUT2D eigenvalue weighted by molar-refractivity contribution is 0.183. The maximum atomic E-state index is 12.4. The molecule has 0 saturated carbocycles. The molecule has 4 heteroatoms. The molecule has 1 aromatic rings. The fraction of sp³-hybridized carbons (Fsp3) is 0.111. The quantitative estimate of drug-likeness (QED) is 0.621. The molecule has 0 spiro atoms. The molecule has 0 unspecified atom stereocenters. The number of methoxy groups -OCH3 is 1. The zero-order valence-electron chi connectivity index (χ0n) is 7.03. The van der Waals surface area contributed by atoms with Gasteiger partial charge in [0.15, 0.2) is 0 Å². The zero-order valence-corrected chi connectivity index (χ0v) is 7.03. The average molecular weight is 181 g/mol. The van der Waals surface area contributed by atoms with Gasteiger partial charge in [0.2, 0.25) is 0 Å². The molecule has 0 N–H and O–H groups in total. The third-order valence-electron chi connectivity index (χ3n) is 1.36. The number of benzene rings is 1. The van der Waals surface area contributed by atoms with E-state index in [9.17, 15) is 9.18 Å². The molecule has 1 rings (SSSR count). The lowest BCUT2D eigenvalue weighted by atomic mass is 10.2. The summed E-state index contributed by atoms with van der Waals surface area (Å²) in [5.41, 5.74) is 0.645. The summed E-state index contributed by atoms with van der Waals surface area (Å²) in [6.07, 6.45) is 0.634. The van der Waals surface area contributed by atoms with Gasteiger partial charge in [0.1, 0.15) is 5.82 Å². The minimum atomic E-state index is -0.677. The molecule has 3 nitrogen and oxygen atoms in total. The number of halogens is 1. The van der Waals surface area contributed by atoms with Crippen LogP contribution in [0.5, 0.6) is 0 Å². The normalized spacial score (nSPS) is 10.3. The predicted molar refractivity (Wildman–Crippen MR) is 46.4 cm³/mol. The topological polar surface area (TPSA) is 38.7 Å². The summed E-state index contributed by atoms with van der Waals surface area (Å²) in [6.45, 7) is 0. The van der Waals surface area contributed by atoms with E-state index in [0.717, 1.165) is 0 Å². The van der Waals surface area contributed by atoms with E-state index in [2.05, 4.69) is 9.73 Å². The van der Waals surface area contributed by atoms with Gasteiger partial charge in [-0.3, -0.25) is 0 Å². The molecule has 0 saturated heterocycles. The van der Waals surface area contributed by atoms with Crippen LogP contribution in [-0.4, -0.2) is 19.4 Å². The van der Waals surface area contributed by atoms with Gasteiger partial charge in [0, 0.05) is 6.21 Å². The lowest BCUT2D eigenvalue weighted by Gasteiger charge is -1.91. The SMILES string of the molecule is COC(=O)/N=C/c1ccc(F)cc1. The van der Waals surface area contributed by atoms with E-state index < -0.39 is 6.09 Å². The van der Waals surface area contributed by atoms with Gasteiger partial charge in [0.25, 0.3) is 0 Å². The summed E-state index contributed by atoms with van der Waals surface area (Å²) >= 11 is 0. The molecule has 0 aliphatic heterocycles. The molecule has 68 valence electrons. The Balaban J connectivity index is 2.69. The number of hydrogen-bond donors (Lipinski definition) is 0. The zero-order chi connectivity index (χ0) is 9.68. The van der Waals surface area contributed by atoms with Crippen molar-refractivity contribution in [3.8, 4) is 0 Å². The predicted octanol–water partition coefficient (Wildman–Crippen LogP) is 2.01. The number of aliphatic imine (C=N–C) groups is 1. The highest BCUT2D eigenvalue weighted by molar-refractivity contribution is 5.88. The van der Waals surface area contributed by atoms with Gasteiger partial charge in [-0.2, -0.15) is 4.99 Å². The van der Waals surface area contributed by atoms with Crippen LogP contribution in [0.2, 0.25) is 0 Å². The van der Waals surface area contributed by atoms with Crippen molar-refractivity contribution in [1.29, 1.82) is 0 Å². The van der Waals surface area contributed by atoms with E-state index in [-0.39, 0.29) is 5.82 Å². The second-order valence-electron chi connectivity index (χ2n) is 2.28. The first-order valence-corrected chi connectivity index (χ1v) is 3.60. The number of rotatable bonds is 1. The Morgan fingerprint density at radius 1 is 1.46 bits per heavy atom. The van der Waals surface area contributed by atoms with Crippen LogP contribution >= 0.6 is 0 Å². The van der Waals surface area contributed by atoms with E-state index in [4.69, 9.17) is 0 Å². The number of carbonyl (C=O) groups is 1. The van der Waals surface area contributed by atoms with Crippen LogP contribution in [0.3, 0.4) is 0 Å². The highest BCUT2D eigenvalue weighted by Gasteiger charge is 1.93. The summed E-state index contributed by atoms with van der Waals surface area (Å²) in [6, 6.07) is 5.61. The molecule has 0 atom stereocenters. The lowest BCUT2D eigenvalue weighted by Crippen LogP contribution is -1.93. The summed E-state index contributed by atoms with van der Waals surface area (Å²) in [4.78, 5) is 14.0. The van der Waals surface area contributed by atoms with Crippen molar-refractivity contribution in [2.75, 3.05) is 7.11 Å². The van der Waals surface area contributed by atoms with Crippen molar-refractivity contribution in [2.24, 2.45) is 4.99 Å². The van der Waals surface area contributed by atoms with Crippen molar-refractivity contribution in [3.05, 3.63) is 35.6 Å². The van der Waals surface area contributed by atoms with E-state index in [1.54, 1.807) is 0 Å². The number of ether oxygens (including phenoxy) is 1. The molecule has 0 aliphatic rings. The van der Waals surface area contributed by atoms with E-state index >= 15 is 0 Å². The number of amides is 1. The molecule has 0 radical (unpaired) electrons. The Morgan fingerprint density at radius 2 is 2.08 bits per heavy atom. The standard InChI is InChI=1S/C9H8FNO2/c1-13-9(12)11-6-7-2-4-8(10)5-3-7/h2-6H,1H3/b11-6+.